The molecule has 0 saturated heterocycles. The van der Waals surface area contributed by atoms with Gasteiger partial charge in [0, 0.05) is 22.2 Å². The molecule has 3 heterocycles. The maximum atomic E-state index is 13.0. The second-order valence-corrected chi connectivity index (χ2v) is 8.28. The van der Waals surface area contributed by atoms with Crippen LogP contribution in [0.4, 0.5) is 13.2 Å². The highest BCUT2D eigenvalue weighted by molar-refractivity contribution is 7.15. The summed E-state index contributed by atoms with van der Waals surface area (Å²) in [7, 11) is 0. The van der Waals surface area contributed by atoms with Crippen molar-refractivity contribution in [1.29, 1.82) is 0 Å². The molecule has 3 aromatic heterocycles. The van der Waals surface area contributed by atoms with Crippen LogP contribution in [-0.4, -0.2) is 14.6 Å². The summed E-state index contributed by atoms with van der Waals surface area (Å²) in [5, 5.41) is 4.79. The van der Waals surface area contributed by atoms with E-state index in [2.05, 4.69) is 10.1 Å². The van der Waals surface area contributed by atoms with Gasteiger partial charge in [-0.3, -0.25) is 4.79 Å². The quantitative estimate of drug-likeness (QED) is 0.357. The summed E-state index contributed by atoms with van der Waals surface area (Å²) in [6.07, 6.45) is -2.93. The molecule has 0 atom stereocenters. The van der Waals surface area contributed by atoms with Crippen molar-refractivity contribution in [1.82, 2.24) is 14.6 Å². The lowest BCUT2D eigenvalue weighted by atomic mass is 10.1. The molecule has 0 spiro atoms. The van der Waals surface area contributed by atoms with Gasteiger partial charge in [-0.1, -0.05) is 47.2 Å². The van der Waals surface area contributed by atoms with E-state index in [9.17, 15) is 18.0 Å². The monoisotopic (exact) mass is 473 g/mol. The fourth-order valence-electron chi connectivity index (χ4n) is 3.15. The zero-order chi connectivity index (χ0) is 22.5. The van der Waals surface area contributed by atoms with Crippen LogP contribution in [-0.2, 0) is 6.18 Å². The lowest BCUT2D eigenvalue weighted by molar-refractivity contribution is -0.137. The minimum atomic E-state index is -4.45. The van der Waals surface area contributed by atoms with Crippen LogP contribution < -0.4 is 10.1 Å². The molecule has 0 bridgehead atoms. The van der Waals surface area contributed by atoms with Gasteiger partial charge in [-0.2, -0.15) is 22.7 Å². The molecule has 0 aliphatic rings. The molecule has 5 aromatic rings. The number of nitrogens with zero attached hydrogens (tertiary/aromatic N) is 3. The molecule has 0 unspecified atom stereocenters. The third-order valence-corrected chi connectivity index (χ3v) is 5.83. The van der Waals surface area contributed by atoms with Gasteiger partial charge < -0.3 is 4.42 Å². The molecule has 5 nitrogen and oxygen atoms in total. The van der Waals surface area contributed by atoms with E-state index >= 15 is 0 Å². The number of hydrogen-bond donors (Lipinski definition) is 0. The summed E-state index contributed by atoms with van der Waals surface area (Å²) in [4.78, 5) is 17.5. The first-order valence-corrected chi connectivity index (χ1v) is 10.4. The summed E-state index contributed by atoms with van der Waals surface area (Å²) in [5.41, 5.74) is -0.159. The highest BCUT2D eigenvalue weighted by Gasteiger charge is 2.30. The van der Waals surface area contributed by atoms with Crippen molar-refractivity contribution >= 4 is 34.0 Å². The van der Waals surface area contributed by atoms with E-state index in [4.69, 9.17) is 16.0 Å². The van der Waals surface area contributed by atoms with E-state index in [1.54, 1.807) is 36.4 Å². The molecule has 0 radical (unpaired) electrons. The second-order valence-electron chi connectivity index (χ2n) is 6.84. The van der Waals surface area contributed by atoms with Crippen molar-refractivity contribution in [3.8, 4) is 22.7 Å². The van der Waals surface area contributed by atoms with Gasteiger partial charge in [-0.05, 0) is 36.4 Å². The molecule has 0 fully saturated rings. The molecule has 32 heavy (non-hydrogen) atoms. The number of alkyl halides is 3. The zero-order valence-corrected chi connectivity index (χ0v) is 17.5. The molecule has 2 aromatic carbocycles. The first kappa shape index (κ1) is 20.5. The van der Waals surface area contributed by atoms with E-state index in [-0.39, 0.29) is 16.9 Å². The average Bonchev–Trinajstić information content (AvgIpc) is 3.45. The number of thiazole rings is 1. The van der Waals surface area contributed by atoms with Crippen LogP contribution in [0.3, 0.4) is 0 Å². The predicted octanol–water partition coefficient (Wildman–Crippen LogP) is 5.30. The molecule has 160 valence electrons. The molecule has 0 saturated carbocycles. The molecule has 10 heteroatoms. The first-order chi connectivity index (χ1) is 15.3. The fourth-order valence-corrected chi connectivity index (χ4v) is 4.23. The Morgan fingerprint density at radius 1 is 1.03 bits per heavy atom. The Labute approximate surface area is 187 Å². The van der Waals surface area contributed by atoms with E-state index in [0.717, 1.165) is 23.5 Å². The number of halogens is 4. The van der Waals surface area contributed by atoms with Crippen molar-refractivity contribution < 1.29 is 17.6 Å². The van der Waals surface area contributed by atoms with Gasteiger partial charge in [0.25, 0.3) is 5.56 Å². The standard InChI is InChI=1S/C22H11ClF3N3O2S/c23-15-6-2-4-13(10-15)19-27-21-29(28-19)20(30)18(32-21)11-16-7-8-17(31-16)12-3-1-5-14(9-12)22(24,25)26/h1-11H/b18-11-. The van der Waals surface area contributed by atoms with Crippen molar-refractivity contribution in [3.05, 3.63) is 91.9 Å². The minimum absolute atomic E-state index is 0.262. The summed E-state index contributed by atoms with van der Waals surface area (Å²) < 4.78 is 46.1. The number of furan rings is 1. The zero-order valence-electron chi connectivity index (χ0n) is 15.9. The van der Waals surface area contributed by atoms with Gasteiger partial charge in [0.1, 0.15) is 16.1 Å². The highest BCUT2D eigenvalue weighted by Crippen LogP contribution is 2.32. The SMILES string of the molecule is O=c1/c(=C/c2ccc(-c3cccc(C(F)(F)F)c3)o2)sc2nc(-c3cccc(Cl)c3)nn12. The molecular weight excluding hydrogens is 463 g/mol. The molecule has 0 aliphatic heterocycles. The third kappa shape index (κ3) is 3.80. The molecule has 0 amide bonds. The lowest BCUT2D eigenvalue weighted by Gasteiger charge is -2.07. The van der Waals surface area contributed by atoms with Crippen LogP contribution in [0.15, 0.2) is 69.9 Å². The fraction of sp³-hybridized carbons (Fsp3) is 0.0455. The number of rotatable bonds is 3. The van der Waals surface area contributed by atoms with E-state index in [1.165, 1.54) is 22.7 Å². The van der Waals surface area contributed by atoms with E-state index < -0.39 is 11.7 Å². The van der Waals surface area contributed by atoms with Crippen LogP contribution in [0, 0.1) is 0 Å². The number of hydrogen-bond acceptors (Lipinski definition) is 5. The van der Waals surface area contributed by atoms with Crippen LogP contribution in [0.2, 0.25) is 5.02 Å². The largest absolute Gasteiger partial charge is 0.457 e. The Morgan fingerprint density at radius 3 is 2.56 bits per heavy atom. The van der Waals surface area contributed by atoms with Crippen LogP contribution in [0.5, 0.6) is 0 Å². The summed E-state index contributed by atoms with van der Waals surface area (Å²) in [5.74, 6) is 0.971. The van der Waals surface area contributed by atoms with Crippen molar-refractivity contribution in [2.24, 2.45) is 0 Å². The average molecular weight is 474 g/mol. The van der Waals surface area contributed by atoms with Gasteiger partial charge >= 0.3 is 6.18 Å². The predicted molar refractivity (Wildman–Crippen MR) is 116 cm³/mol. The van der Waals surface area contributed by atoms with Gasteiger partial charge in [0.15, 0.2) is 5.82 Å². The Bertz CT molecular complexity index is 1570. The summed E-state index contributed by atoms with van der Waals surface area (Å²) in [6.45, 7) is 0. The summed E-state index contributed by atoms with van der Waals surface area (Å²) >= 11 is 7.13. The number of benzene rings is 2. The van der Waals surface area contributed by atoms with Crippen molar-refractivity contribution in [3.63, 3.8) is 0 Å². The Kier molecular flexibility index (Phi) is 4.87. The van der Waals surface area contributed by atoms with Gasteiger partial charge in [-0.25, -0.2) is 0 Å². The lowest BCUT2D eigenvalue weighted by Crippen LogP contribution is -2.23. The van der Waals surface area contributed by atoms with Crippen molar-refractivity contribution in [2.75, 3.05) is 0 Å². The molecule has 5 rings (SSSR count). The second kappa shape index (κ2) is 7.61. The third-order valence-electron chi connectivity index (χ3n) is 4.64. The minimum Gasteiger partial charge on any atom is -0.457 e. The van der Waals surface area contributed by atoms with Crippen molar-refractivity contribution in [2.45, 2.75) is 6.18 Å². The molecular formula is C22H11ClF3N3O2S. The highest BCUT2D eigenvalue weighted by atomic mass is 35.5. The van der Waals surface area contributed by atoms with Gasteiger partial charge in [0.05, 0.1) is 5.56 Å². The topological polar surface area (TPSA) is 60.4 Å². The Balaban J connectivity index is 1.49. The van der Waals surface area contributed by atoms with Crippen LogP contribution in [0.25, 0.3) is 33.7 Å². The number of fused-ring (bicyclic) bond motifs is 1. The van der Waals surface area contributed by atoms with E-state index in [1.807, 2.05) is 0 Å². The summed E-state index contributed by atoms with van der Waals surface area (Å²) in [6, 6.07) is 15.0. The van der Waals surface area contributed by atoms with Gasteiger partial charge in [-0.15, -0.1) is 5.10 Å². The van der Waals surface area contributed by atoms with Crippen LogP contribution >= 0.6 is 22.9 Å². The maximum absolute atomic E-state index is 13.0. The van der Waals surface area contributed by atoms with Gasteiger partial charge in [0.2, 0.25) is 4.96 Å². The Morgan fingerprint density at radius 2 is 1.81 bits per heavy atom. The maximum Gasteiger partial charge on any atom is 0.416 e. The molecule has 0 N–H and O–H groups in total. The number of aromatic nitrogens is 3. The smallest absolute Gasteiger partial charge is 0.416 e. The first-order valence-electron chi connectivity index (χ1n) is 9.23. The Hall–Kier alpha value is -3.43. The normalized spacial score (nSPS) is 12.7. The van der Waals surface area contributed by atoms with E-state index in [0.29, 0.717) is 31.7 Å². The molecule has 0 aliphatic carbocycles. The van der Waals surface area contributed by atoms with Crippen LogP contribution in [0.1, 0.15) is 11.3 Å².